The number of nitrogens with two attached hydrogens (primary N) is 1. The molecule has 8 rings (SSSR count). The lowest BCUT2D eigenvalue weighted by molar-refractivity contribution is -0.137. The van der Waals surface area contributed by atoms with Crippen LogP contribution in [0.4, 0.5) is 25.8 Å². The number of likely N-dealkylation sites (tertiary alicyclic amines) is 1. The number of carbonyl (C=O) groups excluding carboxylic acids is 9. The zero-order valence-electron chi connectivity index (χ0n) is 51.7. The van der Waals surface area contributed by atoms with Crippen LogP contribution in [0.2, 0.25) is 0 Å². The fourth-order valence-corrected chi connectivity index (χ4v) is 12.8. The molecule has 478 valence electrons. The maximum atomic E-state index is 14.5. The van der Waals surface area contributed by atoms with Gasteiger partial charge in [-0.25, -0.2) is 14.4 Å². The smallest absolute Gasteiger partial charge is 0.415 e. The lowest BCUT2D eigenvalue weighted by atomic mass is 9.92. The Bertz CT molecular complexity index is 3430. The number of anilines is 2. The highest BCUT2D eigenvalue weighted by Gasteiger charge is 2.38. The van der Waals surface area contributed by atoms with Gasteiger partial charge in [0.25, 0.3) is 17.7 Å². The molecule has 23 nitrogen and oxygen atoms in total. The lowest BCUT2D eigenvalue weighted by Gasteiger charge is -2.33. The molecule has 3 aliphatic heterocycles. The topological polar surface area (TPSA) is 287 Å². The van der Waals surface area contributed by atoms with Crippen LogP contribution in [-0.2, 0) is 35.3 Å². The number of imide groups is 1. The Labute approximate surface area is 527 Å². The Morgan fingerprint density at radius 2 is 1.57 bits per heavy atom. The lowest BCUT2D eigenvalue weighted by Crippen LogP contribution is -2.54. The van der Waals surface area contributed by atoms with E-state index in [0.29, 0.717) is 60.8 Å². The molecular weight excluding hydrogens is 1180 g/mol. The third-order valence-corrected chi connectivity index (χ3v) is 17.5. The number of halogens is 1. The van der Waals surface area contributed by atoms with Crippen LogP contribution >= 0.6 is 22.9 Å². The molecule has 0 radical (unpaired) electrons. The van der Waals surface area contributed by atoms with Gasteiger partial charge in [-0.2, -0.15) is 0 Å². The molecule has 0 bridgehead atoms. The SMILES string of the molecule is Cc1csc2c(OC(=O)N(C)CC(C)(C)CN(C)C(=O)OCc3ccc(NC(=O)[C@H](CCCNC(N)=O)NC(=O)[C@@H](NC(=O)CCCCCN4C(=O)C=CC4=O)C(C)C)cc3)cc3c(c12)[C@H](CCl)CN3C(=O)c1cc2cc(OCCN3CCCC3)ccc2[nH]1. The van der Waals surface area contributed by atoms with Gasteiger partial charge in [-0.3, -0.25) is 38.6 Å². The number of amides is 10. The number of aromatic nitrogens is 1. The third kappa shape index (κ3) is 17.6. The van der Waals surface area contributed by atoms with Gasteiger partial charge in [-0.05, 0) is 123 Å². The number of primary amides is 1. The summed E-state index contributed by atoms with van der Waals surface area (Å²) in [4.78, 5) is 129. The van der Waals surface area contributed by atoms with Gasteiger partial charge in [0.1, 0.15) is 36.7 Å². The first-order valence-corrected chi connectivity index (χ1v) is 31.7. The molecule has 5 heterocycles. The van der Waals surface area contributed by atoms with Gasteiger partial charge in [0.15, 0.2) is 5.75 Å². The van der Waals surface area contributed by atoms with E-state index in [-0.39, 0.29) is 93.4 Å². The zero-order valence-corrected chi connectivity index (χ0v) is 53.2. The average Bonchev–Trinajstić information content (AvgIpc) is 1.61. The van der Waals surface area contributed by atoms with Crippen molar-refractivity contribution in [3.05, 3.63) is 94.5 Å². The van der Waals surface area contributed by atoms with Crippen molar-refractivity contribution in [1.29, 1.82) is 0 Å². The Morgan fingerprint density at radius 3 is 2.26 bits per heavy atom. The molecule has 5 aromatic rings. The number of urea groups is 1. The molecule has 10 amide bonds. The number of thiophene rings is 1. The Kier molecular flexibility index (Phi) is 22.7. The Hall–Kier alpha value is -8.22. The number of rotatable bonds is 29. The van der Waals surface area contributed by atoms with E-state index in [2.05, 4.69) is 31.2 Å². The maximum absolute atomic E-state index is 14.5. The van der Waals surface area contributed by atoms with Crippen molar-refractivity contribution in [3.8, 4) is 11.5 Å². The quantitative estimate of drug-likeness (QED) is 0.0149. The van der Waals surface area contributed by atoms with Gasteiger partial charge in [-0.1, -0.05) is 46.2 Å². The van der Waals surface area contributed by atoms with Gasteiger partial charge >= 0.3 is 18.2 Å². The minimum Gasteiger partial charge on any atom is -0.492 e. The number of hydrogen-bond acceptors (Lipinski definition) is 14. The second-order valence-electron chi connectivity index (χ2n) is 24.3. The number of aromatic amines is 1. The van der Waals surface area contributed by atoms with Gasteiger partial charge in [-0.15, -0.1) is 22.9 Å². The van der Waals surface area contributed by atoms with E-state index in [4.69, 9.17) is 31.5 Å². The van der Waals surface area contributed by atoms with Crippen molar-refractivity contribution < 1.29 is 57.4 Å². The fraction of sp³-hybridized carbons (Fsp3) is 0.484. The number of unbranched alkanes of at least 4 members (excludes halogenated alkanes) is 2. The molecule has 3 atom stereocenters. The highest BCUT2D eigenvalue weighted by atomic mass is 35.5. The molecule has 0 unspecified atom stereocenters. The van der Waals surface area contributed by atoms with E-state index in [1.54, 1.807) is 63.2 Å². The highest BCUT2D eigenvalue weighted by Crippen LogP contribution is 2.49. The minimum atomic E-state index is -1.07. The number of fused-ring (bicyclic) bond motifs is 4. The van der Waals surface area contributed by atoms with Crippen molar-refractivity contribution in [3.63, 3.8) is 0 Å². The molecule has 2 aromatic heterocycles. The average molecular weight is 1260 g/mol. The van der Waals surface area contributed by atoms with Crippen LogP contribution < -0.4 is 41.4 Å². The first-order chi connectivity index (χ1) is 42.5. The van der Waals surface area contributed by atoms with Crippen molar-refractivity contribution in [2.45, 2.75) is 111 Å². The standard InChI is InChI=1S/C64H82ClN11O12S/c1-39(2)56(71-51(77)15-9-8-10-27-75-52(78)22-23-53(75)79)59(81)70-47(14-13-24-67-61(66)83)58(80)68-44-18-16-41(17-19-44)35-87-62(84)72(6)37-64(4,5)38-73(7)63(85)88-50-32-49-55(54-40(3)36-89-57(50)54)43(33-65)34-76(49)60(82)48-31-42-30-45(20-21-46(42)69-48)86-29-28-74-25-11-12-26-74/h16-23,30-32,36,39,43,47,56,69H,8-15,24-29,33-35,37-38H2,1-7H3,(H,68,80)(H,70,81)(H,71,77)(H3,66,67,83)/t43-,47+,56+/m1/s1. The van der Waals surface area contributed by atoms with E-state index in [9.17, 15) is 43.2 Å². The summed E-state index contributed by atoms with van der Waals surface area (Å²) in [5, 5.41) is 14.6. The normalized spacial score (nSPS) is 15.5. The highest BCUT2D eigenvalue weighted by molar-refractivity contribution is 7.17. The molecule has 25 heteroatoms. The number of nitrogens with zero attached hydrogens (tertiary/aromatic N) is 5. The number of hydrogen-bond donors (Lipinski definition) is 6. The molecule has 3 aliphatic rings. The first-order valence-electron chi connectivity index (χ1n) is 30.3. The summed E-state index contributed by atoms with van der Waals surface area (Å²) < 4.78 is 18.7. The van der Waals surface area contributed by atoms with Gasteiger partial charge in [0.05, 0.1) is 10.4 Å². The van der Waals surface area contributed by atoms with Crippen molar-refractivity contribution >= 4 is 109 Å². The second kappa shape index (κ2) is 30.3. The molecule has 0 spiro atoms. The summed E-state index contributed by atoms with van der Waals surface area (Å²) >= 11 is 8.09. The summed E-state index contributed by atoms with van der Waals surface area (Å²) in [6.07, 6.45) is 5.71. The van der Waals surface area contributed by atoms with Crippen LogP contribution in [0.3, 0.4) is 0 Å². The largest absolute Gasteiger partial charge is 0.492 e. The van der Waals surface area contributed by atoms with Crippen molar-refractivity contribution in [2.75, 3.05) is 89.2 Å². The summed E-state index contributed by atoms with van der Waals surface area (Å²) in [6.45, 7) is 14.0. The number of alkyl halides is 1. The maximum Gasteiger partial charge on any atom is 0.415 e. The number of aryl methyl sites for hydroxylation is 1. The Balaban J connectivity index is 0.819. The van der Waals surface area contributed by atoms with Crippen LogP contribution in [0.15, 0.2) is 72.1 Å². The van der Waals surface area contributed by atoms with Crippen LogP contribution in [0.25, 0.3) is 21.0 Å². The molecule has 1 fully saturated rings. The van der Waals surface area contributed by atoms with Crippen molar-refractivity contribution in [2.24, 2.45) is 17.1 Å². The molecular formula is C64H82ClN11O12S. The number of H-pyrrole nitrogens is 1. The molecule has 0 aliphatic carbocycles. The van der Waals surface area contributed by atoms with Gasteiger partial charge in [0, 0.05) is 117 Å². The molecule has 0 saturated carbocycles. The van der Waals surface area contributed by atoms with Crippen LogP contribution in [-0.4, -0.2) is 169 Å². The zero-order chi connectivity index (χ0) is 64.1. The predicted octanol–water partition coefficient (Wildman–Crippen LogP) is 8.37. The number of benzene rings is 3. The predicted molar refractivity (Wildman–Crippen MR) is 341 cm³/mol. The number of ether oxygens (including phenoxy) is 3. The fourth-order valence-electron chi connectivity index (χ4n) is 11.6. The summed E-state index contributed by atoms with van der Waals surface area (Å²) in [7, 11) is 3.23. The van der Waals surface area contributed by atoms with E-state index in [1.165, 1.54) is 46.1 Å². The molecule has 1 saturated heterocycles. The monoisotopic (exact) mass is 1260 g/mol. The van der Waals surface area contributed by atoms with E-state index < -0.39 is 47.5 Å². The molecule has 7 N–H and O–H groups in total. The minimum absolute atomic E-state index is 0.0977. The summed E-state index contributed by atoms with van der Waals surface area (Å²) in [5.41, 5.74) is 9.34. The number of nitrogens with one attached hydrogen (secondary N) is 5. The Morgan fingerprint density at radius 1 is 0.865 bits per heavy atom. The van der Waals surface area contributed by atoms with Crippen LogP contribution in [0.1, 0.15) is 112 Å². The van der Waals surface area contributed by atoms with Gasteiger partial charge in [0.2, 0.25) is 17.7 Å². The summed E-state index contributed by atoms with van der Waals surface area (Å²) in [6, 6.07) is 13.2. The van der Waals surface area contributed by atoms with Crippen LogP contribution in [0, 0.1) is 18.3 Å². The number of carbonyl (C=O) groups is 9. The molecule has 89 heavy (non-hydrogen) atoms. The summed E-state index contributed by atoms with van der Waals surface area (Å²) in [5.74, 6) is -1.65. The van der Waals surface area contributed by atoms with Crippen molar-refractivity contribution in [1.82, 2.24) is 40.5 Å². The van der Waals surface area contributed by atoms with Crippen LogP contribution in [0.5, 0.6) is 11.5 Å². The van der Waals surface area contributed by atoms with E-state index in [0.717, 1.165) is 62.4 Å². The molecule has 3 aromatic carbocycles. The second-order valence-corrected chi connectivity index (χ2v) is 25.5. The first kappa shape index (κ1) is 66.7. The van der Waals surface area contributed by atoms with E-state index >= 15 is 0 Å². The van der Waals surface area contributed by atoms with E-state index in [1.807, 2.05) is 50.4 Å². The van der Waals surface area contributed by atoms with Gasteiger partial charge < -0.3 is 60.9 Å². The third-order valence-electron chi connectivity index (χ3n) is 16.0.